The Morgan fingerprint density at radius 2 is 1.79 bits per heavy atom. The molecule has 148 valence electrons. The third kappa shape index (κ3) is 3.18. The van der Waals surface area contributed by atoms with Crippen LogP contribution in [0.5, 0.6) is 5.75 Å². The van der Waals surface area contributed by atoms with E-state index in [1.807, 2.05) is 29.6 Å². The molecule has 1 saturated heterocycles. The van der Waals surface area contributed by atoms with Crippen LogP contribution in [0.1, 0.15) is 19.8 Å². The molecule has 1 aliphatic rings. The Morgan fingerprint density at radius 1 is 1.03 bits per heavy atom. The molecule has 0 spiro atoms. The zero-order chi connectivity index (χ0) is 20.0. The molecule has 6 nitrogen and oxygen atoms in total. The van der Waals surface area contributed by atoms with Gasteiger partial charge in [-0.25, -0.2) is 0 Å². The summed E-state index contributed by atoms with van der Waals surface area (Å²) in [6.07, 6.45) is 2.38. The van der Waals surface area contributed by atoms with Crippen LogP contribution in [0.25, 0.3) is 27.8 Å². The average Bonchev–Trinajstić information content (AvgIpc) is 3.39. The number of ether oxygens (including phenoxy) is 1. The Bertz CT molecular complexity index is 1220. The van der Waals surface area contributed by atoms with Gasteiger partial charge in [-0.1, -0.05) is 40.2 Å². The lowest BCUT2D eigenvalue weighted by Crippen LogP contribution is -2.20. The molecule has 29 heavy (non-hydrogen) atoms. The summed E-state index contributed by atoms with van der Waals surface area (Å²) in [6.45, 7) is 4.57. The van der Waals surface area contributed by atoms with Crippen LogP contribution in [0.4, 0.5) is 5.82 Å². The summed E-state index contributed by atoms with van der Waals surface area (Å²) in [6, 6.07) is 12.3. The normalized spacial score (nSPS) is 14.2. The Kier molecular flexibility index (Phi) is 4.91. The molecule has 5 rings (SSSR count). The maximum absolute atomic E-state index is 5.93. The van der Waals surface area contributed by atoms with Crippen LogP contribution in [-0.4, -0.2) is 39.5 Å². The van der Waals surface area contributed by atoms with Crippen LogP contribution < -0.4 is 9.64 Å². The standard InChI is InChI=1S/C21H19Br2N5O/c1-2-29-18-16(11-13(22)12-17(18)23)20-25-24-19-14-7-3-4-8-15(14)21(26-28(19)20)27-9-5-6-10-27/h3-4,7-8,11-12H,2,5-6,9-10H2,1H3. The van der Waals surface area contributed by atoms with Gasteiger partial charge in [0.2, 0.25) is 0 Å². The van der Waals surface area contributed by atoms with E-state index in [4.69, 9.17) is 9.84 Å². The molecule has 2 aromatic carbocycles. The number of fused-ring (bicyclic) bond motifs is 3. The minimum absolute atomic E-state index is 0.555. The first-order chi connectivity index (χ1) is 14.2. The van der Waals surface area contributed by atoms with Crippen molar-refractivity contribution in [2.24, 2.45) is 0 Å². The van der Waals surface area contributed by atoms with Gasteiger partial charge in [-0.2, -0.15) is 4.52 Å². The molecule has 0 bridgehead atoms. The molecule has 3 heterocycles. The SMILES string of the molecule is CCOc1c(Br)cc(Br)cc1-c1nnc2c3ccccc3c(N3CCCC3)nn12. The van der Waals surface area contributed by atoms with E-state index < -0.39 is 0 Å². The van der Waals surface area contributed by atoms with Gasteiger partial charge in [0.1, 0.15) is 5.75 Å². The molecule has 0 N–H and O–H groups in total. The van der Waals surface area contributed by atoms with Gasteiger partial charge in [-0.15, -0.1) is 15.3 Å². The van der Waals surface area contributed by atoms with Crippen molar-refractivity contribution in [1.29, 1.82) is 0 Å². The molecular formula is C21H19Br2N5O. The number of rotatable bonds is 4. The molecule has 1 aliphatic heterocycles. The monoisotopic (exact) mass is 515 g/mol. The topological polar surface area (TPSA) is 55.6 Å². The number of benzene rings is 2. The fraction of sp³-hybridized carbons (Fsp3) is 0.286. The van der Waals surface area contributed by atoms with Crippen molar-refractivity contribution in [3.05, 3.63) is 45.3 Å². The lowest BCUT2D eigenvalue weighted by molar-refractivity contribution is 0.339. The van der Waals surface area contributed by atoms with Crippen LogP contribution in [0.2, 0.25) is 0 Å². The van der Waals surface area contributed by atoms with Gasteiger partial charge in [-0.05, 0) is 47.8 Å². The van der Waals surface area contributed by atoms with Crippen molar-refractivity contribution < 1.29 is 4.74 Å². The fourth-order valence-electron chi connectivity index (χ4n) is 3.91. The Balaban J connectivity index is 1.81. The second-order valence-electron chi connectivity index (χ2n) is 7.02. The first-order valence-electron chi connectivity index (χ1n) is 9.68. The van der Waals surface area contributed by atoms with E-state index in [9.17, 15) is 0 Å². The Morgan fingerprint density at radius 3 is 2.55 bits per heavy atom. The maximum atomic E-state index is 5.93. The zero-order valence-corrected chi connectivity index (χ0v) is 19.1. The highest BCUT2D eigenvalue weighted by atomic mass is 79.9. The van der Waals surface area contributed by atoms with Crippen LogP contribution in [0.15, 0.2) is 45.3 Å². The van der Waals surface area contributed by atoms with Gasteiger partial charge in [-0.3, -0.25) is 0 Å². The predicted molar refractivity (Wildman–Crippen MR) is 122 cm³/mol. The summed E-state index contributed by atoms with van der Waals surface area (Å²) in [5, 5.41) is 16.2. The summed E-state index contributed by atoms with van der Waals surface area (Å²) in [4.78, 5) is 2.35. The molecule has 0 amide bonds. The van der Waals surface area contributed by atoms with Crippen molar-refractivity contribution in [1.82, 2.24) is 19.8 Å². The first kappa shape index (κ1) is 18.8. The van der Waals surface area contributed by atoms with Gasteiger partial charge in [0, 0.05) is 28.3 Å². The average molecular weight is 517 g/mol. The molecule has 0 atom stereocenters. The predicted octanol–water partition coefficient (Wildman–Crippen LogP) is 5.47. The number of hydrogen-bond acceptors (Lipinski definition) is 5. The van der Waals surface area contributed by atoms with Gasteiger partial charge in [0.25, 0.3) is 0 Å². The van der Waals surface area contributed by atoms with Gasteiger partial charge >= 0.3 is 0 Å². The molecule has 2 aromatic heterocycles. The van der Waals surface area contributed by atoms with Gasteiger partial charge in [0.15, 0.2) is 17.3 Å². The van der Waals surface area contributed by atoms with E-state index >= 15 is 0 Å². The highest BCUT2D eigenvalue weighted by Crippen LogP contribution is 2.39. The van der Waals surface area contributed by atoms with Crippen molar-refractivity contribution in [3.63, 3.8) is 0 Å². The van der Waals surface area contributed by atoms with Crippen molar-refractivity contribution in [3.8, 4) is 17.1 Å². The first-order valence-corrected chi connectivity index (χ1v) is 11.3. The molecule has 0 radical (unpaired) electrons. The Labute approximate surface area is 185 Å². The van der Waals surface area contributed by atoms with Crippen molar-refractivity contribution in [2.45, 2.75) is 19.8 Å². The third-order valence-electron chi connectivity index (χ3n) is 5.19. The summed E-state index contributed by atoms with van der Waals surface area (Å²) >= 11 is 7.20. The summed E-state index contributed by atoms with van der Waals surface area (Å²) in [5.74, 6) is 2.39. The molecule has 8 heteroatoms. The minimum Gasteiger partial charge on any atom is -0.492 e. The summed E-state index contributed by atoms with van der Waals surface area (Å²) in [5.41, 5.74) is 1.59. The maximum Gasteiger partial charge on any atom is 0.189 e. The Hall–Kier alpha value is -2.19. The van der Waals surface area contributed by atoms with E-state index in [2.05, 4.69) is 65.2 Å². The molecule has 1 fully saturated rings. The minimum atomic E-state index is 0.555. The molecule has 0 unspecified atom stereocenters. The fourth-order valence-corrected chi connectivity index (χ4v) is 5.25. The largest absolute Gasteiger partial charge is 0.492 e. The van der Waals surface area contributed by atoms with Crippen LogP contribution in [-0.2, 0) is 0 Å². The smallest absolute Gasteiger partial charge is 0.189 e. The van der Waals surface area contributed by atoms with Crippen LogP contribution in [0.3, 0.4) is 0 Å². The summed E-state index contributed by atoms with van der Waals surface area (Å²) in [7, 11) is 0. The van der Waals surface area contributed by atoms with Gasteiger partial charge in [0.05, 0.1) is 16.6 Å². The lowest BCUT2D eigenvalue weighted by Gasteiger charge is -2.19. The van der Waals surface area contributed by atoms with E-state index in [0.717, 1.165) is 55.6 Å². The van der Waals surface area contributed by atoms with Crippen LogP contribution in [0, 0.1) is 0 Å². The molecular weight excluding hydrogens is 498 g/mol. The van der Waals surface area contributed by atoms with E-state index in [1.165, 1.54) is 12.8 Å². The zero-order valence-electron chi connectivity index (χ0n) is 15.9. The summed E-state index contributed by atoms with van der Waals surface area (Å²) < 4.78 is 9.57. The lowest BCUT2D eigenvalue weighted by atomic mass is 10.1. The quantitative estimate of drug-likeness (QED) is 0.360. The second-order valence-corrected chi connectivity index (χ2v) is 8.79. The van der Waals surface area contributed by atoms with Crippen LogP contribution >= 0.6 is 31.9 Å². The highest BCUT2D eigenvalue weighted by molar-refractivity contribution is 9.11. The third-order valence-corrected chi connectivity index (χ3v) is 6.23. The number of halogens is 2. The van der Waals surface area contributed by atoms with Crippen molar-refractivity contribution >= 4 is 54.1 Å². The van der Waals surface area contributed by atoms with E-state index in [-0.39, 0.29) is 0 Å². The van der Waals surface area contributed by atoms with E-state index in [0.29, 0.717) is 12.4 Å². The molecule has 0 aliphatic carbocycles. The van der Waals surface area contributed by atoms with E-state index in [1.54, 1.807) is 0 Å². The number of nitrogens with zero attached hydrogens (tertiary/aromatic N) is 5. The second kappa shape index (κ2) is 7.57. The number of aromatic nitrogens is 4. The molecule has 4 aromatic rings. The van der Waals surface area contributed by atoms with Gasteiger partial charge < -0.3 is 9.64 Å². The number of hydrogen-bond donors (Lipinski definition) is 0. The van der Waals surface area contributed by atoms with Crippen molar-refractivity contribution in [2.75, 3.05) is 24.6 Å². The molecule has 0 saturated carbocycles. The highest BCUT2D eigenvalue weighted by Gasteiger charge is 2.23. The number of anilines is 1.